The third kappa shape index (κ3) is 3.49. The Hall–Kier alpha value is -1.01. The quantitative estimate of drug-likeness (QED) is 0.481. The highest BCUT2D eigenvalue weighted by Gasteiger charge is 2.23. The maximum atomic E-state index is 14.0. The Balaban J connectivity index is 2.61. The molecule has 0 unspecified atom stereocenters. The summed E-state index contributed by atoms with van der Waals surface area (Å²) in [6, 6.07) is 6.14. The molecule has 0 aliphatic carbocycles. The predicted octanol–water partition coefficient (Wildman–Crippen LogP) is 3.63. The lowest BCUT2D eigenvalue weighted by Gasteiger charge is -2.14. The molecule has 0 aliphatic heterocycles. The van der Waals surface area contributed by atoms with Gasteiger partial charge in [-0.25, -0.2) is 17.2 Å². The van der Waals surface area contributed by atoms with E-state index in [0.717, 1.165) is 14.5 Å². The van der Waals surface area contributed by atoms with Crippen molar-refractivity contribution in [2.24, 2.45) is 0 Å². The molecule has 118 valence electrons. The number of halogens is 4. The number of nitrogens with one attached hydrogen (secondary N) is 2. The summed E-state index contributed by atoms with van der Waals surface area (Å²) < 4.78 is 51.5. The molecule has 0 saturated heterocycles. The number of anilines is 2. The van der Waals surface area contributed by atoms with Crippen molar-refractivity contribution >= 4 is 55.6 Å². The molecule has 2 rings (SSSR count). The van der Waals surface area contributed by atoms with E-state index in [1.54, 1.807) is 12.1 Å². The molecular weight excluding hydrogens is 453 g/mol. The first kappa shape index (κ1) is 17.3. The molecule has 2 aromatic carbocycles. The summed E-state index contributed by atoms with van der Waals surface area (Å²) in [6.45, 7) is 0. The lowest BCUT2D eigenvalue weighted by atomic mass is 10.2. The van der Waals surface area contributed by atoms with Gasteiger partial charge in [-0.15, -0.1) is 0 Å². The number of hydrogen-bond donors (Lipinski definition) is 3. The molecule has 5 nitrogen and oxygen atoms in total. The zero-order chi connectivity index (χ0) is 16.5. The lowest BCUT2D eigenvalue weighted by Crippen LogP contribution is -2.21. The number of rotatable bonds is 4. The van der Waals surface area contributed by atoms with Crippen LogP contribution < -0.4 is 10.2 Å². The van der Waals surface area contributed by atoms with Crippen molar-refractivity contribution in [1.82, 2.24) is 4.89 Å². The van der Waals surface area contributed by atoms with Gasteiger partial charge in [0, 0.05) is 3.57 Å². The Kier molecular flexibility index (Phi) is 5.22. The van der Waals surface area contributed by atoms with Crippen LogP contribution in [0.25, 0.3) is 0 Å². The molecule has 0 spiro atoms. The summed E-state index contributed by atoms with van der Waals surface area (Å²) in [6.07, 6.45) is 0. The van der Waals surface area contributed by atoms with Crippen LogP contribution in [-0.2, 0) is 10.0 Å². The minimum atomic E-state index is -4.42. The minimum absolute atomic E-state index is 0.181. The Bertz CT molecular complexity index is 833. The van der Waals surface area contributed by atoms with Crippen molar-refractivity contribution in [1.29, 1.82) is 0 Å². The predicted molar refractivity (Wildman–Crippen MR) is 85.9 cm³/mol. The van der Waals surface area contributed by atoms with Gasteiger partial charge in [-0.3, -0.25) is 0 Å². The molecule has 0 radical (unpaired) electrons. The zero-order valence-corrected chi connectivity index (χ0v) is 14.3. The van der Waals surface area contributed by atoms with Crippen molar-refractivity contribution in [3.63, 3.8) is 0 Å². The normalized spacial score (nSPS) is 11.5. The first-order chi connectivity index (χ1) is 10.3. The van der Waals surface area contributed by atoms with E-state index in [-0.39, 0.29) is 10.7 Å². The molecule has 0 aromatic heterocycles. The van der Waals surface area contributed by atoms with Gasteiger partial charge in [-0.2, -0.15) is 0 Å². The Labute approximate surface area is 143 Å². The minimum Gasteiger partial charge on any atom is -0.351 e. The summed E-state index contributed by atoms with van der Waals surface area (Å²) in [5, 5.41) is 11.3. The standard InChI is InChI=1S/C12H8ClF2IN2O3S/c13-7-5-6(16)1-3-9(7)17-12-10(22(20,21)18-19)4-2-8(14)11(12)15/h1-5,17-19H. The van der Waals surface area contributed by atoms with E-state index in [0.29, 0.717) is 6.07 Å². The van der Waals surface area contributed by atoms with E-state index in [4.69, 9.17) is 16.8 Å². The van der Waals surface area contributed by atoms with Crippen molar-refractivity contribution in [2.75, 3.05) is 5.32 Å². The second-order valence-corrected chi connectivity index (χ2v) is 7.36. The van der Waals surface area contributed by atoms with Gasteiger partial charge in [0.05, 0.1) is 16.4 Å². The monoisotopic (exact) mass is 460 g/mol. The molecule has 10 heteroatoms. The number of hydrogen-bond acceptors (Lipinski definition) is 4. The molecule has 22 heavy (non-hydrogen) atoms. The number of benzene rings is 2. The highest BCUT2D eigenvalue weighted by Crippen LogP contribution is 2.33. The lowest BCUT2D eigenvalue weighted by molar-refractivity contribution is 0.242. The van der Waals surface area contributed by atoms with Crippen LogP contribution in [-0.4, -0.2) is 13.6 Å². The second kappa shape index (κ2) is 6.62. The smallest absolute Gasteiger partial charge is 0.264 e. The molecular formula is C12H8ClF2IN2O3S. The van der Waals surface area contributed by atoms with Crippen molar-refractivity contribution in [3.05, 3.63) is 50.6 Å². The van der Waals surface area contributed by atoms with Crippen LogP contribution in [0, 0.1) is 15.2 Å². The maximum absolute atomic E-state index is 14.0. The largest absolute Gasteiger partial charge is 0.351 e. The molecule has 0 atom stereocenters. The first-order valence-corrected chi connectivity index (χ1v) is 8.56. The first-order valence-electron chi connectivity index (χ1n) is 5.62. The fourth-order valence-corrected chi connectivity index (χ4v) is 3.31. The summed E-state index contributed by atoms with van der Waals surface area (Å²) >= 11 is 7.98. The Morgan fingerprint density at radius 2 is 1.86 bits per heavy atom. The molecule has 2 aromatic rings. The van der Waals surface area contributed by atoms with Crippen molar-refractivity contribution in [3.8, 4) is 0 Å². The van der Waals surface area contributed by atoms with Gasteiger partial charge >= 0.3 is 0 Å². The van der Waals surface area contributed by atoms with Crippen LogP contribution in [0.4, 0.5) is 20.2 Å². The third-order valence-corrected chi connectivity index (χ3v) is 4.80. The van der Waals surface area contributed by atoms with Crippen molar-refractivity contribution in [2.45, 2.75) is 4.90 Å². The fraction of sp³-hybridized carbons (Fsp3) is 0. The maximum Gasteiger partial charge on any atom is 0.264 e. The highest BCUT2D eigenvalue weighted by molar-refractivity contribution is 14.1. The average molecular weight is 461 g/mol. The van der Waals surface area contributed by atoms with Crippen LogP contribution in [0.15, 0.2) is 35.2 Å². The van der Waals surface area contributed by atoms with E-state index in [1.807, 2.05) is 22.6 Å². The van der Waals surface area contributed by atoms with E-state index >= 15 is 0 Å². The Morgan fingerprint density at radius 1 is 1.18 bits per heavy atom. The van der Waals surface area contributed by atoms with Crippen LogP contribution in [0.3, 0.4) is 0 Å². The van der Waals surface area contributed by atoms with Gasteiger partial charge < -0.3 is 10.5 Å². The van der Waals surface area contributed by atoms with E-state index in [2.05, 4.69) is 5.32 Å². The molecule has 0 fully saturated rings. The molecule has 0 aliphatic rings. The van der Waals surface area contributed by atoms with Crippen LogP contribution in [0.2, 0.25) is 5.02 Å². The summed E-state index contributed by atoms with van der Waals surface area (Å²) in [7, 11) is -4.42. The molecule has 0 bridgehead atoms. The number of sulfonamides is 1. The van der Waals surface area contributed by atoms with Gasteiger partial charge in [0.25, 0.3) is 10.0 Å². The highest BCUT2D eigenvalue weighted by atomic mass is 127. The van der Waals surface area contributed by atoms with Crippen LogP contribution in [0.5, 0.6) is 0 Å². The van der Waals surface area contributed by atoms with Gasteiger partial charge in [-0.05, 0) is 52.9 Å². The van der Waals surface area contributed by atoms with Crippen LogP contribution in [0.1, 0.15) is 0 Å². The average Bonchev–Trinajstić information content (AvgIpc) is 2.46. The second-order valence-electron chi connectivity index (χ2n) is 4.08. The topological polar surface area (TPSA) is 78.4 Å². The van der Waals surface area contributed by atoms with Gasteiger partial charge in [0.15, 0.2) is 11.6 Å². The molecule has 0 amide bonds. The Morgan fingerprint density at radius 3 is 2.45 bits per heavy atom. The van der Waals surface area contributed by atoms with E-state index in [9.17, 15) is 17.2 Å². The SMILES string of the molecule is O=S(=O)(NO)c1ccc(F)c(F)c1Nc1ccc(I)cc1Cl. The van der Waals surface area contributed by atoms with Gasteiger partial charge in [0.1, 0.15) is 4.90 Å². The summed E-state index contributed by atoms with van der Waals surface area (Å²) in [5.41, 5.74) is -0.481. The molecule has 0 heterocycles. The van der Waals surface area contributed by atoms with E-state index < -0.39 is 32.2 Å². The summed E-state index contributed by atoms with van der Waals surface area (Å²) in [5.74, 6) is -2.66. The van der Waals surface area contributed by atoms with Gasteiger partial charge in [0.2, 0.25) is 0 Å². The fourth-order valence-electron chi connectivity index (χ4n) is 1.65. The summed E-state index contributed by atoms with van der Waals surface area (Å²) in [4.78, 5) is 0.400. The molecule has 0 saturated carbocycles. The zero-order valence-electron chi connectivity index (χ0n) is 10.6. The molecule has 3 N–H and O–H groups in total. The van der Waals surface area contributed by atoms with E-state index in [1.165, 1.54) is 6.07 Å². The van der Waals surface area contributed by atoms with Gasteiger partial charge in [-0.1, -0.05) is 16.5 Å². The van der Waals surface area contributed by atoms with Crippen molar-refractivity contribution < 1.29 is 22.4 Å². The van der Waals surface area contributed by atoms with Crippen LogP contribution >= 0.6 is 34.2 Å². The third-order valence-electron chi connectivity index (χ3n) is 2.66.